The highest BCUT2D eigenvalue weighted by Gasteiger charge is 2.29. The number of amides is 1. The predicted octanol–water partition coefficient (Wildman–Crippen LogP) is 1.18. The first kappa shape index (κ1) is 13.6. The van der Waals surface area contributed by atoms with Gasteiger partial charge in [0.1, 0.15) is 5.82 Å². The van der Waals surface area contributed by atoms with E-state index in [1.807, 2.05) is 12.1 Å². The molecule has 3 rings (SSSR count). The molecule has 2 atom stereocenters. The van der Waals surface area contributed by atoms with Gasteiger partial charge in [0.15, 0.2) is 0 Å². The van der Waals surface area contributed by atoms with Crippen LogP contribution >= 0.6 is 11.6 Å². The van der Waals surface area contributed by atoms with E-state index in [2.05, 4.69) is 20.5 Å². The molecule has 1 amide bonds. The lowest BCUT2D eigenvalue weighted by molar-refractivity contribution is -0.123. The van der Waals surface area contributed by atoms with Crippen LogP contribution in [0.25, 0.3) is 0 Å². The Hall–Kier alpha value is -1.33. The van der Waals surface area contributed by atoms with Crippen LogP contribution < -0.4 is 15.5 Å². The van der Waals surface area contributed by atoms with Gasteiger partial charge in [0, 0.05) is 25.3 Å². The van der Waals surface area contributed by atoms with Crippen LogP contribution in [0.3, 0.4) is 0 Å². The number of rotatable bonds is 3. The number of halogens is 1. The molecule has 5 nitrogen and oxygen atoms in total. The minimum atomic E-state index is -0.0116. The summed E-state index contributed by atoms with van der Waals surface area (Å²) in [7, 11) is 0. The van der Waals surface area contributed by atoms with Crippen LogP contribution in [-0.2, 0) is 4.79 Å². The molecule has 2 saturated heterocycles. The molecular weight excluding hydrogens is 276 g/mol. The maximum Gasteiger partial charge on any atom is 0.237 e. The van der Waals surface area contributed by atoms with E-state index in [9.17, 15) is 4.79 Å². The Morgan fingerprint density at radius 1 is 1.50 bits per heavy atom. The van der Waals surface area contributed by atoms with Crippen molar-refractivity contribution in [1.82, 2.24) is 15.6 Å². The lowest BCUT2D eigenvalue weighted by Crippen LogP contribution is -2.46. The molecule has 0 radical (unpaired) electrons. The summed E-state index contributed by atoms with van der Waals surface area (Å²) in [6.45, 7) is 2.59. The number of pyridine rings is 1. The number of anilines is 1. The Morgan fingerprint density at radius 2 is 2.40 bits per heavy atom. The average molecular weight is 295 g/mol. The molecule has 1 aromatic heterocycles. The molecule has 0 saturated carbocycles. The van der Waals surface area contributed by atoms with E-state index in [1.165, 1.54) is 0 Å². The van der Waals surface area contributed by atoms with Crippen molar-refractivity contribution in [2.45, 2.75) is 31.3 Å². The molecule has 3 heterocycles. The van der Waals surface area contributed by atoms with Gasteiger partial charge in [-0.3, -0.25) is 4.79 Å². The van der Waals surface area contributed by atoms with E-state index < -0.39 is 0 Å². The Bertz CT molecular complexity index is 490. The molecule has 2 unspecified atom stereocenters. The minimum absolute atomic E-state index is 0.0116. The third-order valence-electron chi connectivity index (χ3n) is 3.95. The van der Waals surface area contributed by atoms with Crippen molar-refractivity contribution >= 4 is 23.3 Å². The quantitative estimate of drug-likeness (QED) is 0.879. The molecule has 0 aromatic carbocycles. The number of carbonyl (C=O) groups is 1. The van der Waals surface area contributed by atoms with E-state index in [4.69, 9.17) is 11.6 Å². The number of nitrogens with one attached hydrogen (secondary N) is 2. The van der Waals surface area contributed by atoms with Crippen molar-refractivity contribution in [2.75, 3.05) is 24.5 Å². The summed E-state index contributed by atoms with van der Waals surface area (Å²) in [6, 6.07) is 3.84. The Kier molecular flexibility index (Phi) is 4.08. The van der Waals surface area contributed by atoms with Gasteiger partial charge in [-0.25, -0.2) is 4.98 Å². The van der Waals surface area contributed by atoms with Crippen LogP contribution in [0.2, 0.25) is 5.02 Å². The highest BCUT2D eigenvalue weighted by molar-refractivity contribution is 6.32. The number of carbonyl (C=O) groups excluding carboxylic acids is 1. The molecule has 2 aliphatic heterocycles. The van der Waals surface area contributed by atoms with Crippen LogP contribution in [0.5, 0.6) is 0 Å². The van der Waals surface area contributed by atoms with Gasteiger partial charge >= 0.3 is 0 Å². The van der Waals surface area contributed by atoms with Crippen molar-refractivity contribution < 1.29 is 4.79 Å². The zero-order chi connectivity index (χ0) is 13.9. The third kappa shape index (κ3) is 2.88. The van der Waals surface area contributed by atoms with Crippen LogP contribution in [-0.4, -0.2) is 42.6 Å². The highest BCUT2D eigenvalue weighted by atomic mass is 35.5. The summed E-state index contributed by atoms with van der Waals surface area (Å²) < 4.78 is 0. The number of nitrogens with zero attached hydrogens (tertiary/aromatic N) is 2. The Labute approximate surface area is 123 Å². The second kappa shape index (κ2) is 5.97. The van der Waals surface area contributed by atoms with Crippen molar-refractivity contribution in [2.24, 2.45) is 0 Å². The average Bonchev–Trinajstić information content (AvgIpc) is 3.10. The molecule has 0 aliphatic carbocycles. The van der Waals surface area contributed by atoms with Crippen molar-refractivity contribution in [1.29, 1.82) is 0 Å². The third-order valence-corrected chi connectivity index (χ3v) is 4.25. The van der Waals surface area contributed by atoms with E-state index in [0.29, 0.717) is 5.02 Å². The van der Waals surface area contributed by atoms with E-state index in [1.54, 1.807) is 6.20 Å². The van der Waals surface area contributed by atoms with Gasteiger partial charge in [-0.15, -0.1) is 0 Å². The minimum Gasteiger partial charge on any atom is -0.353 e. The number of hydrogen-bond acceptors (Lipinski definition) is 4. The van der Waals surface area contributed by atoms with Crippen molar-refractivity contribution in [3.05, 3.63) is 23.4 Å². The molecule has 6 heteroatoms. The Balaban J connectivity index is 1.57. The van der Waals surface area contributed by atoms with Crippen molar-refractivity contribution in [3.63, 3.8) is 0 Å². The van der Waals surface area contributed by atoms with Crippen molar-refractivity contribution in [3.8, 4) is 0 Å². The fraction of sp³-hybridized carbons (Fsp3) is 0.571. The van der Waals surface area contributed by atoms with Gasteiger partial charge in [0.2, 0.25) is 5.91 Å². The van der Waals surface area contributed by atoms with Gasteiger partial charge in [0.25, 0.3) is 0 Å². The first-order chi connectivity index (χ1) is 9.74. The molecule has 108 valence electrons. The molecule has 0 spiro atoms. The second-order valence-corrected chi connectivity index (χ2v) is 5.81. The number of aromatic nitrogens is 1. The molecular formula is C14H19ClN4O. The van der Waals surface area contributed by atoms with Gasteiger partial charge < -0.3 is 15.5 Å². The molecule has 20 heavy (non-hydrogen) atoms. The van der Waals surface area contributed by atoms with Gasteiger partial charge in [-0.1, -0.05) is 11.6 Å². The monoisotopic (exact) mass is 294 g/mol. The van der Waals surface area contributed by atoms with Crippen LogP contribution in [0.15, 0.2) is 18.3 Å². The van der Waals surface area contributed by atoms with Crippen LogP contribution in [0.4, 0.5) is 5.82 Å². The summed E-state index contributed by atoms with van der Waals surface area (Å²) in [5.74, 6) is 0.936. The van der Waals surface area contributed by atoms with Gasteiger partial charge in [-0.2, -0.15) is 0 Å². The maximum atomic E-state index is 12.1. The zero-order valence-corrected chi connectivity index (χ0v) is 12.1. The van der Waals surface area contributed by atoms with Gasteiger partial charge in [0.05, 0.1) is 11.1 Å². The maximum absolute atomic E-state index is 12.1. The Morgan fingerprint density at radius 3 is 3.15 bits per heavy atom. The summed E-state index contributed by atoms with van der Waals surface area (Å²) >= 11 is 6.16. The standard InChI is InChI=1S/C14H19ClN4O/c15-11-3-1-7-17-13(11)19-8-5-10(9-19)18-14(20)12-4-2-6-16-12/h1,3,7,10,12,16H,2,4-6,8-9H2,(H,18,20). The van der Waals surface area contributed by atoms with Crippen LogP contribution in [0.1, 0.15) is 19.3 Å². The topological polar surface area (TPSA) is 57.3 Å². The van der Waals surface area contributed by atoms with E-state index in [0.717, 1.165) is 44.7 Å². The first-order valence-corrected chi connectivity index (χ1v) is 7.51. The summed E-state index contributed by atoms with van der Waals surface area (Å²) in [6.07, 6.45) is 4.70. The fourth-order valence-electron chi connectivity index (χ4n) is 2.89. The second-order valence-electron chi connectivity index (χ2n) is 5.40. The molecule has 1 aromatic rings. The SMILES string of the molecule is O=C(NC1CCN(c2ncccc2Cl)C1)C1CCCN1. The zero-order valence-electron chi connectivity index (χ0n) is 11.3. The predicted molar refractivity (Wildman–Crippen MR) is 79.0 cm³/mol. The smallest absolute Gasteiger partial charge is 0.237 e. The van der Waals surface area contributed by atoms with E-state index >= 15 is 0 Å². The van der Waals surface area contributed by atoms with Gasteiger partial charge in [-0.05, 0) is 37.9 Å². The first-order valence-electron chi connectivity index (χ1n) is 7.13. The number of hydrogen-bond donors (Lipinski definition) is 2. The molecule has 0 bridgehead atoms. The highest BCUT2D eigenvalue weighted by Crippen LogP contribution is 2.25. The van der Waals surface area contributed by atoms with E-state index in [-0.39, 0.29) is 18.0 Å². The lowest BCUT2D eigenvalue weighted by atomic mass is 10.2. The lowest BCUT2D eigenvalue weighted by Gasteiger charge is -2.20. The molecule has 2 N–H and O–H groups in total. The summed E-state index contributed by atoms with van der Waals surface area (Å²) in [4.78, 5) is 18.5. The fourth-order valence-corrected chi connectivity index (χ4v) is 3.13. The summed E-state index contributed by atoms with van der Waals surface area (Å²) in [5.41, 5.74) is 0. The molecule has 2 aliphatic rings. The largest absolute Gasteiger partial charge is 0.353 e. The normalized spacial score (nSPS) is 25.9. The molecule has 2 fully saturated rings. The van der Waals surface area contributed by atoms with Crippen LogP contribution in [0, 0.1) is 0 Å². The summed E-state index contributed by atoms with van der Waals surface area (Å²) in [5, 5.41) is 7.01.